The third-order valence-electron chi connectivity index (χ3n) is 3.44. The minimum absolute atomic E-state index is 0.0363. The molecule has 0 fully saturated rings. The number of carbonyl (C=O) groups excluding carboxylic acids is 1. The van der Waals surface area contributed by atoms with Crippen molar-refractivity contribution in [1.29, 1.82) is 0 Å². The summed E-state index contributed by atoms with van der Waals surface area (Å²) in [4.78, 5) is 16.4. The molecule has 1 unspecified atom stereocenters. The summed E-state index contributed by atoms with van der Waals surface area (Å²) in [5.41, 5.74) is 2.06. The predicted molar refractivity (Wildman–Crippen MR) is 81.9 cm³/mol. The highest BCUT2D eigenvalue weighted by Gasteiger charge is 2.13. The second kappa shape index (κ2) is 7.19. The Labute approximate surface area is 124 Å². The molecule has 6 heteroatoms. The first-order valence-corrected chi connectivity index (χ1v) is 7.04. The van der Waals surface area contributed by atoms with Gasteiger partial charge < -0.3 is 14.6 Å². The van der Waals surface area contributed by atoms with Crippen LogP contribution in [0.1, 0.15) is 12.7 Å². The summed E-state index contributed by atoms with van der Waals surface area (Å²) >= 11 is 0. The minimum atomic E-state index is -0.276. The Hall–Kier alpha value is -1.92. The van der Waals surface area contributed by atoms with Gasteiger partial charge in [-0.1, -0.05) is 12.1 Å². The van der Waals surface area contributed by atoms with E-state index in [-0.39, 0.29) is 11.9 Å². The van der Waals surface area contributed by atoms with Crippen LogP contribution in [0.2, 0.25) is 0 Å². The lowest BCUT2D eigenvalue weighted by Crippen LogP contribution is -2.43. The van der Waals surface area contributed by atoms with Gasteiger partial charge in [0, 0.05) is 20.7 Å². The molecule has 0 aliphatic rings. The van der Waals surface area contributed by atoms with E-state index in [1.54, 1.807) is 7.11 Å². The van der Waals surface area contributed by atoms with Crippen molar-refractivity contribution in [2.24, 2.45) is 7.05 Å². The first-order valence-electron chi connectivity index (χ1n) is 7.04. The zero-order chi connectivity index (χ0) is 15.2. The van der Waals surface area contributed by atoms with Crippen LogP contribution >= 0.6 is 0 Å². The highest BCUT2D eigenvalue weighted by molar-refractivity contribution is 5.81. The number of benzene rings is 1. The van der Waals surface area contributed by atoms with Crippen LogP contribution in [0.25, 0.3) is 11.0 Å². The van der Waals surface area contributed by atoms with Crippen LogP contribution in [0.4, 0.5) is 0 Å². The highest BCUT2D eigenvalue weighted by atomic mass is 16.5. The van der Waals surface area contributed by atoms with Crippen molar-refractivity contribution < 1.29 is 9.53 Å². The normalized spacial score (nSPS) is 12.5. The molecule has 2 N–H and O–H groups in total. The Morgan fingerprint density at radius 1 is 1.43 bits per heavy atom. The van der Waals surface area contributed by atoms with Gasteiger partial charge in [0.2, 0.25) is 5.91 Å². The van der Waals surface area contributed by atoms with Crippen LogP contribution in [0.3, 0.4) is 0 Å². The summed E-state index contributed by atoms with van der Waals surface area (Å²) in [5, 5.41) is 6.00. The van der Waals surface area contributed by atoms with Crippen LogP contribution in [0, 0.1) is 0 Å². The maximum absolute atomic E-state index is 11.8. The lowest BCUT2D eigenvalue weighted by molar-refractivity contribution is -0.123. The average molecular weight is 290 g/mol. The average Bonchev–Trinajstić information content (AvgIpc) is 2.82. The molecule has 1 aromatic carbocycles. The SMILES string of the molecule is COCCNC(=O)C(C)NCc1nc2ccccc2n1C. The van der Waals surface area contributed by atoms with Crippen molar-refractivity contribution in [3.8, 4) is 0 Å². The van der Waals surface area contributed by atoms with Crippen molar-refractivity contribution in [1.82, 2.24) is 20.2 Å². The van der Waals surface area contributed by atoms with Crippen molar-refractivity contribution >= 4 is 16.9 Å². The fourth-order valence-corrected chi connectivity index (χ4v) is 2.12. The van der Waals surface area contributed by atoms with Gasteiger partial charge in [-0.3, -0.25) is 10.1 Å². The van der Waals surface area contributed by atoms with Crippen molar-refractivity contribution in [3.63, 3.8) is 0 Å². The van der Waals surface area contributed by atoms with Gasteiger partial charge in [0.1, 0.15) is 5.82 Å². The number of ether oxygens (including phenoxy) is 1. The van der Waals surface area contributed by atoms with Crippen molar-refractivity contribution in [3.05, 3.63) is 30.1 Å². The number of nitrogens with zero attached hydrogens (tertiary/aromatic N) is 2. The molecular weight excluding hydrogens is 268 g/mol. The lowest BCUT2D eigenvalue weighted by Gasteiger charge is -2.13. The van der Waals surface area contributed by atoms with E-state index in [0.29, 0.717) is 19.7 Å². The first-order chi connectivity index (χ1) is 10.1. The quantitative estimate of drug-likeness (QED) is 0.741. The van der Waals surface area contributed by atoms with E-state index in [1.165, 1.54) is 0 Å². The topological polar surface area (TPSA) is 68.2 Å². The minimum Gasteiger partial charge on any atom is -0.383 e. The summed E-state index contributed by atoms with van der Waals surface area (Å²) in [6.07, 6.45) is 0. The Bertz CT molecular complexity index is 609. The van der Waals surface area contributed by atoms with Gasteiger partial charge in [0.15, 0.2) is 0 Å². The number of rotatable bonds is 7. The van der Waals surface area contributed by atoms with Gasteiger partial charge in [-0.15, -0.1) is 0 Å². The van der Waals surface area contributed by atoms with E-state index >= 15 is 0 Å². The molecule has 0 spiro atoms. The second-order valence-electron chi connectivity index (χ2n) is 4.96. The number of hydrogen-bond acceptors (Lipinski definition) is 4. The Kier molecular flexibility index (Phi) is 5.30. The van der Waals surface area contributed by atoms with Gasteiger partial charge in [-0.25, -0.2) is 4.98 Å². The van der Waals surface area contributed by atoms with E-state index < -0.39 is 0 Å². The van der Waals surface area contributed by atoms with Crippen LogP contribution in [-0.4, -0.2) is 41.8 Å². The standard InChI is InChI=1S/C15H22N4O2/c1-11(15(20)16-8-9-21-3)17-10-14-18-12-6-4-5-7-13(12)19(14)2/h4-7,11,17H,8-10H2,1-3H3,(H,16,20). The van der Waals surface area contributed by atoms with Gasteiger partial charge in [-0.05, 0) is 19.1 Å². The molecule has 1 aromatic heterocycles. The molecule has 0 saturated heterocycles. The van der Waals surface area contributed by atoms with Crippen LogP contribution < -0.4 is 10.6 Å². The fraction of sp³-hybridized carbons (Fsp3) is 0.467. The molecule has 2 aromatic rings. The molecule has 0 saturated carbocycles. The van der Waals surface area contributed by atoms with Crippen LogP contribution in [-0.2, 0) is 23.1 Å². The summed E-state index contributed by atoms with van der Waals surface area (Å²) in [6, 6.07) is 7.71. The van der Waals surface area contributed by atoms with E-state index in [2.05, 4.69) is 15.6 Å². The Balaban J connectivity index is 1.92. The largest absolute Gasteiger partial charge is 0.383 e. The number of nitrogens with one attached hydrogen (secondary N) is 2. The van der Waals surface area contributed by atoms with Gasteiger partial charge >= 0.3 is 0 Å². The zero-order valence-electron chi connectivity index (χ0n) is 12.7. The van der Waals surface area contributed by atoms with Crippen LogP contribution in [0.5, 0.6) is 0 Å². The number of imidazole rings is 1. The Morgan fingerprint density at radius 3 is 2.90 bits per heavy atom. The van der Waals surface area contributed by atoms with E-state index in [9.17, 15) is 4.79 Å². The molecule has 1 amide bonds. The maximum atomic E-state index is 11.8. The number of amides is 1. The van der Waals surface area contributed by atoms with Crippen LogP contribution in [0.15, 0.2) is 24.3 Å². The van der Waals surface area contributed by atoms with Gasteiger partial charge in [0.05, 0.1) is 30.2 Å². The maximum Gasteiger partial charge on any atom is 0.236 e. The molecular formula is C15H22N4O2. The van der Waals surface area contributed by atoms with Gasteiger partial charge in [0.25, 0.3) is 0 Å². The van der Waals surface area contributed by atoms with E-state index in [1.807, 2.05) is 42.8 Å². The monoisotopic (exact) mass is 290 g/mol. The number of hydrogen-bond donors (Lipinski definition) is 2. The number of methoxy groups -OCH3 is 1. The third kappa shape index (κ3) is 3.80. The third-order valence-corrected chi connectivity index (χ3v) is 3.44. The molecule has 0 bridgehead atoms. The van der Waals surface area contributed by atoms with E-state index in [0.717, 1.165) is 16.9 Å². The number of fused-ring (bicyclic) bond motifs is 1. The van der Waals surface area contributed by atoms with Crippen molar-refractivity contribution in [2.75, 3.05) is 20.3 Å². The summed E-state index contributed by atoms with van der Waals surface area (Å²) in [6.45, 7) is 3.42. The number of carbonyl (C=O) groups is 1. The number of aromatic nitrogens is 2. The highest BCUT2D eigenvalue weighted by Crippen LogP contribution is 2.13. The number of para-hydroxylation sites is 2. The zero-order valence-corrected chi connectivity index (χ0v) is 12.7. The molecule has 0 aliphatic carbocycles. The van der Waals surface area contributed by atoms with E-state index in [4.69, 9.17) is 4.74 Å². The molecule has 2 rings (SSSR count). The number of aryl methyl sites for hydroxylation is 1. The van der Waals surface area contributed by atoms with Gasteiger partial charge in [-0.2, -0.15) is 0 Å². The molecule has 1 heterocycles. The predicted octanol–water partition coefficient (Wildman–Crippen LogP) is 0.814. The summed E-state index contributed by atoms with van der Waals surface area (Å²) < 4.78 is 6.94. The molecule has 0 radical (unpaired) electrons. The molecule has 21 heavy (non-hydrogen) atoms. The fourth-order valence-electron chi connectivity index (χ4n) is 2.12. The molecule has 1 atom stereocenters. The molecule has 114 valence electrons. The summed E-state index contributed by atoms with van der Waals surface area (Å²) in [5.74, 6) is 0.874. The smallest absolute Gasteiger partial charge is 0.236 e. The Morgan fingerprint density at radius 2 is 2.19 bits per heavy atom. The molecule has 6 nitrogen and oxygen atoms in total. The van der Waals surface area contributed by atoms with Crippen molar-refractivity contribution in [2.45, 2.75) is 19.5 Å². The summed E-state index contributed by atoms with van der Waals surface area (Å²) in [7, 11) is 3.59. The lowest BCUT2D eigenvalue weighted by atomic mass is 10.3. The second-order valence-corrected chi connectivity index (χ2v) is 4.96. The molecule has 0 aliphatic heterocycles. The first kappa shape index (κ1) is 15.5.